The van der Waals surface area contributed by atoms with Gasteiger partial charge in [-0.25, -0.2) is 4.98 Å². The van der Waals surface area contributed by atoms with Gasteiger partial charge in [-0.1, -0.05) is 0 Å². The molecule has 0 aliphatic rings. The quantitative estimate of drug-likeness (QED) is 0.777. The van der Waals surface area contributed by atoms with Crippen molar-refractivity contribution in [1.29, 1.82) is 0 Å². The molecule has 6 nitrogen and oxygen atoms in total. The van der Waals surface area contributed by atoms with E-state index in [2.05, 4.69) is 58.1 Å². The summed E-state index contributed by atoms with van der Waals surface area (Å²) in [6.07, 6.45) is 3.47. The van der Waals surface area contributed by atoms with Crippen molar-refractivity contribution in [3.8, 4) is 0 Å². The van der Waals surface area contributed by atoms with Crippen LogP contribution < -0.4 is 0 Å². The Morgan fingerprint density at radius 2 is 1.86 bits per heavy atom. The van der Waals surface area contributed by atoms with E-state index >= 15 is 0 Å². The number of nitrogens with zero attached hydrogens (tertiary/aromatic N) is 5. The molecule has 0 saturated heterocycles. The van der Waals surface area contributed by atoms with E-state index in [1.807, 2.05) is 4.57 Å². The Bertz CT molecular complexity index is 689. The SMILES string of the molecule is Cc1cc2nc(CN(C)CCn3cnnc3)[nH]c2cc1C. The number of hydrogen-bond donors (Lipinski definition) is 1. The Hall–Kier alpha value is -2.21. The second-order valence-corrected chi connectivity index (χ2v) is 5.57. The Labute approximate surface area is 123 Å². The van der Waals surface area contributed by atoms with Crippen LogP contribution in [0.5, 0.6) is 0 Å². The van der Waals surface area contributed by atoms with Crippen LogP contribution in [0, 0.1) is 13.8 Å². The van der Waals surface area contributed by atoms with Gasteiger partial charge < -0.3 is 9.55 Å². The van der Waals surface area contributed by atoms with Crippen LogP contribution in [0.15, 0.2) is 24.8 Å². The molecule has 0 saturated carbocycles. The number of benzene rings is 1. The van der Waals surface area contributed by atoms with Gasteiger partial charge in [0.15, 0.2) is 0 Å². The predicted molar refractivity (Wildman–Crippen MR) is 81.9 cm³/mol. The van der Waals surface area contributed by atoms with Gasteiger partial charge in [0, 0.05) is 13.1 Å². The number of H-pyrrole nitrogens is 1. The summed E-state index contributed by atoms with van der Waals surface area (Å²) in [7, 11) is 2.09. The van der Waals surface area contributed by atoms with Crippen molar-refractivity contribution in [2.75, 3.05) is 13.6 Å². The standard InChI is InChI=1S/C15H20N6/c1-11-6-13-14(7-12(11)2)19-15(18-13)8-20(3)4-5-21-9-16-17-10-21/h6-7,9-10H,4-5,8H2,1-3H3,(H,18,19). The third-order valence-corrected chi connectivity index (χ3v) is 3.77. The third kappa shape index (κ3) is 3.11. The highest BCUT2D eigenvalue weighted by Gasteiger charge is 2.07. The third-order valence-electron chi connectivity index (χ3n) is 3.77. The summed E-state index contributed by atoms with van der Waals surface area (Å²) in [5.74, 6) is 1.00. The fourth-order valence-electron chi connectivity index (χ4n) is 2.36. The van der Waals surface area contributed by atoms with Gasteiger partial charge >= 0.3 is 0 Å². The number of aromatic amines is 1. The largest absolute Gasteiger partial charge is 0.341 e. The lowest BCUT2D eigenvalue weighted by Crippen LogP contribution is -2.23. The fourth-order valence-corrected chi connectivity index (χ4v) is 2.36. The number of likely N-dealkylation sites (N-methyl/N-ethyl adjacent to an activating group) is 1. The van der Waals surface area contributed by atoms with Crippen molar-refractivity contribution in [3.63, 3.8) is 0 Å². The van der Waals surface area contributed by atoms with E-state index in [1.54, 1.807) is 12.7 Å². The van der Waals surface area contributed by atoms with E-state index in [-0.39, 0.29) is 0 Å². The second-order valence-electron chi connectivity index (χ2n) is 5.57. The van der Waals surface area contributed by atoms with Crippen LogP contribution in [0.1, 0.15) is 17.0 Å². The number of rotatable bonds is 5. The molecule has 2 aromatic heterocycles. The molecule has 0 radical (unpaired) electrons. The maximum atomic E-state index is 4.67. The van der Waals surface area contributed by atoms with E-state index in [4.69, 9.17) is 0 Å². The number of aromatic nitrogens is 5. The molecule has 0 aliphatic heterocycles. The van der Waals surface area contributed by atoms with E-state index < -0.39 is 0 Å². The van der Waals surface area contributed by atoms with Crippen LogP contribution in [-0.4, -0.2) is 43.2 Å². The fraction of sp³-hybridized carbons (Fsp3) is 0.400. The lowest BCUT2D eigenvalue weighted by Gasteiger charge is -2.14. The molecule has 3 aromatic rings. The summed E-state index contributed by atoms with van der Waals surface area (Å²) in [5, 5.41) is 7.61. The smallest absolute Gasteiger partial charge is 0.121 e. The molecular formula is C15H20N6. The van der Waals surface area contributed by atoms with E-state index in [1.165, 1.54) is 11.1 Å². The van der Waals surface area contributed by atoms with Crippen molar-refractivity contribution in [2.24, 2.45) is 0 Å². The molecule has 1 N–H and O–H groups in total. The summed E-state index contributed by atoms with van der Waals surface area (Å²) in [4.78, 5) is 10.3. The minimum atomic E-state index is 0.800. The molecule has 0 amide bonds. The first-order valence-electron chi connectivity index (χ1n) is 7.08. The average molecular weight is 284 g/mol. The van der Waals surface area contributed by atoms with E-state index in [0.29, 0.717) is 0 Å². The van der Waals surface area contributed by atoms with Crippen molar-refractivity contribution >= 4 is 11.0 Å². The van der Waals surface area contributed by atoms with Gasteiger partial charge in [-0.2, -0.15) is 0 Å². The van der Waals surface area contributed by atoms with Crippen LogP contribution in [-0.2, 0) is 13.1 Å². The molecule has 0 bridgehead atoms. The summed E-state index contributed by atoms with van der Waals surface area (Å²) in [6.45, 7) is 6.85. The number of hydrogen-bond acceptors (Lipinski definition) is 4. The lowest BCUT2D eigenvalue weighted by molar-refractivity contribution is 0.305. The van der Waals surface area contributed by atoms with Crippen LogP contribution >= 0.6 is 0 Å². The molecule has 110 valence electrons. The molecule has 2 heterocycles. The molecule has 0 unspecified atom stereocenters. The normalized spacial score (nSPS) is 11.6. The summed E-state index contributed by atoms with van der Waals surface area (Å²) >= 11 is 0. The average Bonchev–Trinajstić information content (AvgIpc) is 3.06. The highest BCUT2D eigenvalue weighted by molar-refractivity contribution is 5.77. The molecule has 21 heavy (non-hydrogen) atoms. The zero-order valence-electron chi connectivity index (χ0n) is 12.7. The van der Waals surface area contributed by atoms with Crippen LogP contribution in [0.25, 0.3) is 11.0 Å². The van der Waals surface area contributed by atoms with Gasteiger partial charge in [-0.15, -0.1) is 10.2 Å². The van der Waals surface area contributed by atoms with Crippen LogP contribution in [0.4, 0.5) is 0 Å². The minimum absolute atomic E-state index is 0.800. The molecule has 3 rings (SSSR count). The highest BCUT2D eigenvalue weighted by Crippen LogP contribution is 2.17. The summed E-state index contributed by atoms with van der Waals surface area (Å²) in [6, 6.07) is 4.31. The number of imidazole rings is 1. The summed E-state index contributed by atoms with van der Waals surface area (Å²) < 4.78 is 1.97. The van der Waals surface area contributed by atoms with Crippen LogP contribution in [0.2, 0.25) is 0 Å². The predicted octanol–water partition coefficient (Wildman–Crippen LogP) is 1.90. The first kappa shape index (κ1) is 13.8. The van der Waals surface area contributed by atoms with E-state index in [0.717, 1.165) is 36.5 Å². The number of nitrogens with one attached hydrogen (secondary N) is 1. The zero-order valence-corrected chi connectivity index (χ0v) is 12.7. The monoisotopic (exact) mass is 284 g/mol. The van der Waals surface area contributed by atoms with Gasteiger partial charge in [-0.3, -0.25) is 4.90 Å². The Balaban J connectivity index is 1.66. The Kier molecular flexibility index (Phi) is 3.70. The van der Waals surface area contributed by atoms with Crippen molar-refractivity contribution in [1.82, 2.24) is 29.6 Å². The summed E-state index contributed by atoms with van der Waals surface area (Å²) in [5.41, 5.74) is 4.72. The molecule has 0 aliphatic carbocycles. The zero-order chi connectivity index (χ0) is 14.8. The number of aryl methyl sites for hydroxylation is 2. The van der Waals surface area contributed by atoms with Crippen molar-refractivity contribution in [3.05, 3.63) is 41.7 Å². The molecular weight excluding hydrogens is 264 g/mol. The molecule has 1 aromatic carbocycles. The first-order chi connectivity index (χ1) is 10.1. The minimum Gasteiger partial charge on any atom is -0.341 e. The first-order valence-corrected chi connectivity index (χ1v) is 7.08. The Morgan fingerprint density at radius 1 is 1.14 bits per heavy atom. The number of fused-ring (bicyclic) bond motifs is 1. The Morgan fingerprint density at radius 3 is 2.62 bits per heavy atom. The van der Waals surface area contributed by atoms with Gasteiger partial charge in [0.2, 0.25) is 0 Å². The molecule has 0 atom stereocenters. The van der Waals surface area contributed by atoms with Crippen molar-refractivity contribution in [2.45, 2.75) is 26.9 Å². The van der Waals surface area contributed by atoms with Crippen molar-refractivity contribution < 1.29 is 0 Å². The second kappa shape index (κ2) is 5.65. The van der Waals surface area contributed by atoms with Gasteiger partial charge in [-0.05, 0) is 44.2 Å². The van der Waals surface area contributed by atoms with Gasteiger partial charge in [0.1, 0.15) is 18.5 Å². The van der Waals surface area contributed by atoms with Crippen LogP contribution in [0.3, 0.4) is 0 Å². The molecule has 6 heteroatoms. The molecule has 0 spiro atoms. The highest BCUT2D eigenvalue weighted by atomic mass is 15.2. The maximum Gasteiger partial charge on any atom is 0.121 e. The van der Waals surface area contributed by atoms with Gasteiger partial charge in [0.05, 0.1) is 17.6 Å². The lowest BCUT2D eigenvalue weighted by atomic mass is 10.1. The van der Waals surface area contributed by atoms with E-state index in [9.17, 15) is 0 Å². The topological polar surface area (TPSA) is 62.6 Å². The maximum absolute atomic E-state index is 4.67. The molecule has 0 fully saturated rings. The van der Waals surface area contributed by atoms with Gasteiger partial charge in [0.25, 0.3) is 0 Å².